The first kappa shape index (κ1) is 24.7. The molecule has 3 heterocycles. The molecular weight excluding hydrogens is 490 g/mol. The lowest BCUT2D eigenvalue weighted by Crippen LogP contribution is -2.32. The molecule has 4 rings (SSSR count). The summed E-state index contributed by atoms with van der Waals surface area (Å²) in [6, 6.07) is 6.52. The smallest absolute Gasteiger partial charge is 0.252 e. The van der Waals surface area contributed by atoms with E-state index in [0.29, 0.717) is 35.5 Å². The van der Waals surface area contributed by atoms with Crippen LogP contribution in [0.3, 0.4) is 0 Å². The van der Waals surface area contributed by atoms with E-state index in [4.69, 9.17) is 26.8 Å². The second kappa shape index (κ2) is 10.1. The van der Waals surface area contributed by atoms with Crippen LogP contribution in [0.2, 0.25) is 30.7 Å². The van der Waals surface area contributed by atoms with Crippen LogP contribution in [-0.2, 0) is 16.3 Å². The van der Waals surface area contributed by atoms with Gasteiger partial charge in [-0.2, -0.15) is 5.10 Å². The molecule has 34 heavy (non-hydrogen) atoms. The minimum atomic E-state index is -1.13. The number of rotatable bonds is 9. The number of hydrogen-bond acceptors (Lipinski definition) is 7. The van der Waals surface area contributed by atoms with Crippen LogP contribution in [0.15, 0.2) is 53.0 Å². The first-order valence-corrected chi connectivity index (χ1v) is 16.1. The first-order chi connectivity index (χ1) is 16.2. The molecule has 2 aliphatic heterocycles. The van der Waals surface area contributed by atoms with E-state index < -0.39 is 14.0 Å². The summed E-state index contributed by atoms with van der Waals surface area (Å²) in [5.41, 5.74) is 8.77. The number of nitrogens with zero attached hydrogens (tertiary/aromatic N) is 4. The molecule has 2 N–H and O–H groups in total. The fraction of sp³-hybridized carbons (Fsp3) is 0.391. The van der Waals surface area contributed by atoms with Crippen molar-refractivity contribution in [2.24, 2.45) is 5.73 Å². The van der Waals surface area contributed by atoms with Crippen molar-refractivity contribution < 1.29 is 14.3 Å². The third-order valence-electron chi connectivity index (χ3n) is 5.62. The molecule has 1 aromatic heterocycles. The zero-order chi connectivity index (χ0) is 24.5. The van der Waals surface area contributed by atoms with Gasteiger partial charge >= 0.3 is 0 Å². The predicted molar refractivity (Wildman–Crippen MR) is 141 cm³/mol. The molecule has 0 saturated heterocycles. The van der Waals surface area contributed by atoms with Gasteiger partial charge in [0, 0.05) is 30.8 Å². The average Bonchev–Trinajstić information content (AvgIpc) is 3.42. The number of carbonyl (C=O) groups is 1. The SMILES string of the molecule is COc1ccc(Cl)cc1N1C=C(C(N)=O)C2=C(C1)SCN2c1cnn(COCC[Si](C)(C)C)c1. The lowest BCUT2D eigenvalue weighted by Gasteiger charge is -2.30. The molecule has 1 amide bonds. The lowest BCUT2D eigenvalue weighted by molar-refractivity contribution is -0.114. The van der Waals surface area contributed by atoms with Crippen LogP contribution in [0, 0.1) is 0 Å². The number of thioether (sulfide) groups is 1. The number of halogens is 1. The van der Waals surface area contributed by atoms with E-state index in [9.17, 15) is 4.79 Å². The molecule has 0 unspecified atom stereocenters. The van der Waals surface area contributed by atoms with Gasteiger partial charge in [0.1, 0.15) is 12.5 Å². The number of ether oxygens (including phenoxy) is 2. The quantitative estimate of drug-likeness (QED) is 0.386. The third-order valence-corrected chi connectivity index (χ3v) is 8.62. The molecule has 2 aromatic rings. The molecule has 0 fully saturated rings. The van der Waals surface area contributed by atoms with E-state index in [-0.39, 0.29) is 0 Å². The predicted octanol–water partition coefficient (Wildman–Crippen LogP) is 4.47. The Hall–Kier alpha value is -2.40. The van der Waals surface area contributed by atoms with Crippen LogP contribution in [0.4, 0.5) is 11.4 Å². The highest BCUT2D eigenvalue weighted by Crippen LogP contribution is 2.44. The number of benzene rings is 1. The van der Waals surface area contributed by atoms with Crippen molar-refractivity contribution in [3.63, 3.8) is 0 Å². The maximum absolute atomic E-state index is 12.5. The maximum atomic E-state index is 12.5. The minimum Gasteiger partial charge on any atom is -0.495 e. The molecule has 0 atom stereocenters. The Balaban J connectivity index is 1.54. The van der Waals surface area contributed by atoms with Crippen LogP contribution < -0.4 is 20.3 Å². The van der Waals surface area contributed by atoms with Crippen molar-refractivity contribution in [2.45, 2.75) is 32.4 Å². The number of carbonyl (C=O) groups excluding carboxylic acids is 1. The molecule has 2 aliphatic rings. The van der Waals surface area contributed by atoms with E-state index in [1.165, 1.54) is 0 Å². The zero-order valence-electron chi connectivity index (χ0n) is 19.9. The fourth-order valence-electron chi connectivity index (χ4n) is 3.78. The maximum Gasteiger partial charge on any atom is 0.252 e. The van der Waals surface area contributed by atoms with Gasteiger partial charge in [-0.05, 0) is 24.2 Å². The number of amides is 1. The van der Waals surface area contributed by atoms with Gasteiger partial charge in [0.05, 0.1) is 54.6 Å². The van der Waals surface area contributed by atoms with E-state index in [1.54, 1.807) is 42.0 Å². The molecule has 0 bridgehead atoms. The van der Waals surface area contributed by atoms with E-state index in [0.717, 1.165) is 34.6 Å². The highest BCUT2D eigenvalue weighted by Gasteiger charge is 2.35. The van der Waals surface area contributed by atoms with Gasteiger partial charge in [0.25, 0.3) is 5.91 Å². The van der Waals surface area contributed by atoms with Crippen molar-refractivity contribution in [2.75, 3.05) is 35.9 Å². The molecule has 0 spiro atoms. The largest absolute Gasteiger partial charge is 0.495 e. The monoisotopic (exact) mass is 519 g/mol. The Kier molecular flexibility index (Phi) is 7.32. The van der Waals surface area contributed by atoms with Crippen molar-refractivity contribution in [3.8, 4) is 5.75 Å². The standard InChI is InChI=1S/C23H30ClN5O3SSi/c1-31-20-6-5-16(24)9-19(20)27-12-18(23(25)30)22-21(13-27)33-15-29(22)17-10-26-28(11-17)14-32-7-8-34(2,3)4/h5-6,9-12H,7-8,13-15H2,1-4H3,(H2,25,30). The van der Waals surface area contributed by atoms with Gasteiger partial charge in [0.2, 0.25) is 0 Å². The fourth-order valence-corrected chi connectivity index (χ4v) is 5.86. The number of primary amides is 1. The van der Waals surface area contributed by atoms with Crippen LogP contribution in [0.5, 0.6) is 5.75 Å². The topological polar surface area (TPSA) is 85.9 Å². The Morgan fingerprint density at radius 1 is 1.32 bits per heavy atom. The van der Waals surface area contributed by atoms with Gasteiger partial charge in [0.15, 0.2) is 0 Å². The normalized spacial score (nSPS) is 16.1. The number of methoxy groups -OCH3 is 1. The minimum absolute atomic E-state index is 0.401. The van der Waals surface area contributed by atoms with Crippen molar-refractivity contribution in [1.29, 1.82) is 0 Å². The van der Waals surface area contributed by atoms with Gasteiger partial charge in [-0.1, -0.05) is 31.2 Å². The number of nitrogens with two attached hydrogens (primary N) is 1. The summed E-state index contributed by atoms with van der Waals surface area (Å²) in [6.07, 6.45) is 5.51. The zero-order valence-corrected chi connectivity index (χ0v) is 22.4. The molecule has 0 saturated carbocycles. The van der Waals surface area contributed by atoms with Crippen molar-refractivity contribution >= 4 is 48.7 Å². The highest BCUT2D eigenvalue weighted by atomic mass is 35.5. The molecule has 0 aliphatic carbocycles. The molecule has 182 valence electrons. The Morgan fingerprint density at radius 3 is 2.82 bits per heavy atom. The van der Waals surface area contributed by atoms with E-state index in [1.807, 2.05) is 23.2 Å². The molecule has 8 nitrogen and oxygen atoms in total. The van der Waals surface area contributed by atoms with Crippen LogP contribution in [-0.4, -0.2) is 49.9 Å². The number of anilines is 2. The second-order valence-corrected chi connectivity index (χ2v) is 16.5. The molecule has 0 radical (unpaired) electrons. The van der Waals surface area contributed by atoms with Gasteiger partial charge in [-0.15, -0.1) is 11.8 Å². The third kappa shape index (κ3) is 5.46. The van der Waals surface area contributed by atoms with Gasteiger partial charge in [-0.3, -0.25) is 4.79 Å². The summed E-state index contributed by atoms with van der Waals surface area (Å²) in [6.45, 7) is 8.70. The van der Waals surface area contributed by atoms with Crippen molar-refractivity contribution in [3.05, 3.63) is 58.0 Å². The summed E-state index contributed by atoms with van der Waals surface area (Å²) >= 11 is 7.92. The van der Waals surface area contributed by atoms with Crippen LogP contribution in [0.1, 0.15) is 0 Å². The summed E-state index contributed by atoms with van der Waals surface area (Å²) in [5.74, 6) is 0.842. The van der Waals surface area contributed by atoms with E-state index >= 15 is 0 Å². The van der Waals surface area contributed by atoms with Crippen LogP contribution in [0.25, 0.3) is 0 Å². The van der Waals surface area contributed by atoms with Crippen molar-refractivity contribution in [1.82, 2.24) is 9.78 Å². The van der Waals surface area contributed by atoms with Gasteiger partial charge in [-0.25, -0.2) is 4.68 Å². The van der Waals surface area contributed by atoms with Gasteiger partial charge < -0.3 is 25.0 Å². The average molecular weight is 520 g/mol. The Labute approximate surface area is 210 Å². The number of aromatic nitrogens is 2. The summed E-state index contributed by atoms with van der Waals surface area (Å²) in [4.78, 5) is 17.6. The summed E-state index contributed by atoms with van der Waals surface area (Å²) < 4.78 is 13.1. The highest BCUT2D eigenvalue weighted by molar-refractivity contribution is 8.03. The molecule has 11 heteroatoms. The van der Waals surface area contributed by atoms with Crippen LogP contribution >= 0.6 is 23.4 Å². The molecular formula is C23H30ClN5O3SSi. The first-order valence-electron chi connectivity index (χ1n) is 11.0. The summed E-state index contributed by atoms with van der Waals surface area (Å²) in [5, 5.41) is 5.04. The Bertz CT molecular complexity index is 1140. The second-order valence-electron chi connectivity index (χ2n) is 9.41. The molecule has 1 aromatic carbocycles. The Morgan fingerprint density at radius 2 is 2.12 bits per heavy atom. The summed E-state index contributed by atoms with van der Waals surface area (Å²) in [7, 11) is 0.480. The number of hydrogen-bond donors (Lipinski definition) is 1. The lowest BCUT2D eigenvalue weighted by atomic mass is 10.1. The van der Waals surface area contributed by atoms with E-state index in [2.05, 4.69) is 29.6 Å².